The summed E-state index contributed by atoms with van der Waals surface area (Å²) in [4.78, 5) is 14.4. The van der Waals surface area contributed by atoms with E-state index in [1.807, 2.05) is 0 Å². The van der Waals surface area contributed by atoms with Crippen LogP contribution in [0.3, 0.4) is 0 Å². The van der Waals surface area contributed by atoms with Crippen molar-refractivity contribution < 1.29 is 22.7 Å². The van der Waals surface area contributed by atoms with Crippen molar-refractivity contribution in [2.45, 2.75) is 24.7 Å². The number of alkyl halides is 3. The molecule has 2 aromatic rings. The molecule has 7 heteroatoms. The summed E-state index contributed by atoms with van der Waals surface area (Å²) < 4.78 is 45.1. The molecule has 0 N–H and O–H groups in total. The molecule has 0 bridgehead atoms. The maximum atomic E-state index is 13.0. The van der Waals surface area contributed by atoms with E-state index in [-0.39, 0.29) is 17.1 Å². The number of nitrogens with zero attached hydrogens (tertiary/aromatic N) is 2. The third-order valence-electron chi connectivity index (χ3n) is 4.73. The zero-order chi connectivity index (χ0) is 16.2. The van der Waals surface area contributed by atoms with Crippen LogP contribution in [0.1, 0.15) is 16.9 Å². The quantitative estimate of drug-likeness (QED) is 0.851. The molecule has 1 aromatic heterocycles. The summed E-state index contributed by atoms with van der Waals surface area (Å²) in [5.41, 5.74) is 0.221. The van der Waals surface area contributed by atoms with E-state index in [4.69, 9.17) is 4.74 Å². The second-order valence-corrected chi connectivity index (χ2v) is 6.21. The Hall–Kier alpha value is -2.02. The van der Waals surface area contributed by atoms with Gasteiger partial charge in [-0.1, -0.05) is 18.2 Å². The van der Waals surface area contributed by atoms with Crippen LogP contribution in [0.25, 0.3) is 10.9 Å². The minimum atomic E-state index is -4.39. The highest BCUT2D eigenvalue weighted by molar-refractivity contribution is 5.99. The van der Waals surface area contributed by atoms with Gasteiger partial charge in [0.1, 0.15) is 12.2 Å². The molecule has 23 heavy (non-hydrogen) atoms. The summed E-state index contributed by atoms with van der Waals surface area (Å²) in [7, 11) is 0. The van der Waals surface area contributed by atoms with Gasteiger partial charge in [-0.15, -0.1) is 0 Å². The Morgan fingerprint density at radius 3 is 2.57 bits per heavy atom. The van der Waals surface area contributed by atoms with Crippen LogP contribution < -0.4 is 0 Å². The Kier molecular flexibility index (Phi) is 3.00. The number of ether oxygens (including phenoxy) is 1. The summed E-state index contributed by atoms with van der Waals surface area (Å²) in [5.74, 6) is -0.347. The lowest BCUT2D eigenvalue weighted by Gasteiger charge is -2.57. The van der Waals surface area contributed by atoms with Gasteiger partial charge in [-0.3, -0.25) is 4.79 Å². The van der Waals surface area contributed by atoms with Crippen molar-refractivity contribution in [2.24, 2.45) is 0 Å². The van der Waals surface area contributed by atoms with Gasteiger partial charge in [0.2, 0.25) is 0 Å². The van der Waals surface area contributed by atoms with Crippen molar-refractivity contribution in [3.8, 4) is 0 Å². The lowest BCUT2D eigenvalue weighted by Crippen LogP contribution is -2.72. The van der Waals surface area contributed by atoms with Crippen molar-refractivity contribution >= 4 is 16.8 Å². The lowest BCUT2D eigenvalue weighted by molar-refractivity contribution is -0.172. The molecular weight excluding hydrogens is 309 g/mol. The second kappa shape index (κ2) is 4.74. The number of hydrogen-bond acceptors (Lipinski definition) is 2. The van der Waals surface area contributed by atoms with Crippen molar-refractivity contribution in [1.82, 2.24) is 9.47 Å². The largest absolute Gasteiger partial charge is 0.406 e. The van der Waals surface area contributed by atoms with E-state index in [2.05, 4.69) is 0 Å². The van der Waals surface area contributed by atoms with Crippen LogP contribution in [0.2, 0.25) is 0 Å². The highest BCUT2D eigenvalue weighted by Gasteiger charge is 2.53. The van der Waals surface area contributed by atoms with Crippen LogP contribution in [-0.2, 0) is 11.3 Å². The molecule has 0 atom stereocenters. The summed E-state index contributed by atoms with van der Waals surface area (Å²) in [6.07, 6.45) is -3.54. The van der Waals surface area contributed by atoms with E-state index < -0.39 is 12.7 Å². The van der Waals surface area contributed by atoms with Gasteiger partial charge in [0.15, 0.2) is 0 Å². The van der Waals surface area contributed by atoms with Crippen molar-refractivity contribution in [3.63, 3.8) is 0 Å². The van der Waals surface area contributed by atoms with Crippen LogP contribution in [0, 0.1) is 0 Å². The zero-order valence-corrected chi connectivity index (χ0v) is 12.3. The van der Waals surface area contributed by atoms with Gasteiger partial charge in [-0.05, 0) is 18.6 Å². The number of amides is 1. The molecule has 4 nitrogen and oxygen atoms in total. The van der Waals surface area contributed by atoms with E-state index >= 15 is 0 Å². The lowest BCUT2D eigenvalue weighted by atomic mass is 9.82. The normalized spacial score (nSPS) is 19.7. The monoisotopic (exact) mass is 324 g/mol. The maximum absolute atomic E-state index is 13.0. The highest BCUT2D eigenvalue weighted by Crippen LogP contribution is 2.39. The Morgan fingerprint density at radius 1 is 1.26 bits per heavy atom. The first kappa shape index (κ1) is 14.6. The third kappa shape index (κ3) is 2.22. The average Bonchev–Trinajstić information content (AvgIpc) is 2.73. The first-order chi connectivity index (χ1) is 10.9. The van der Waals surface area contributed by atoms with Gasteiger partial charge in [-0.2, -0.15) is 13.2 Å². The molecule has 0 unspecified atom stereocenters. The maximum Gasteiger partial charge on any atom is 0.406 e. The minimum Gasteiger partial charge on any atom is -0.376 e. The number of hydrogen-bond donors (Lipinski definition) is 0. The number of likely N-dealkylation sites (tertiary alicyclic amines) is 1. The standard InChI is InChI=1S/C16H15F3N2O2/c17-16(18,19)8-20-12-4-2-1-3-11(12)7-13(20)14(22)21-6-5-15(21)9-23-10-15/h1-4,7H,5-6,8-10H2. The van der Waals surface area contributed by atoms with E-state index in [1.165, 1.54) is 0 Å². The van der Waals surface area contributed by atoms with E-state index in [9.17, 15) is 18.0 Å². The molecule has 0 aliphatic carbocycles. The number of para-hydroxylation sites is 1. The van der Waals surface area contributed by atoms with Crippen LogP contribution in [-0.4, -0.2) is 46.8 Å². The SMILES string of the molecule is O=C(c1cc2ccccc2n1CC(F)(F)F)N1CCC12COC2. The predicted molar refractivity (Wildman–Crippen MR) is 77.2 cm³/mol. The minimum absolute atomic E-state index is 0.0921. The number of rotatable bonds is 2. The number of fused-ring (bicyclic) bond motifs is 1. The van der Waals surface area contributed by atoms with Crippen LogP contribution in [0.4, 0.5) is 13.2 Å². The Labute approximate surface area is 130 Å². The summed E-state index contributed by atoms with van der Waals surface area (Å²) in [6, 6.07) is 8.30. The first-order valence-electron chi connectivity index (χ1n) is 7.44. The second-order valence-electron chi connectivity index (χ2n) is 6.21. The summed E-state index contributed by atoms with van der Waals surface area (Å²) in [5, 5.41) is 0.638. The van der Waals surface area contributed by atoms with Gasteiger partial charge in [-0.25, -0.2) is 0 Å². The van der Waals surface area contributed by atoms with E-state index in [0.717, 1.165) is 11.0 Å². The summed E-state index contributed by atoms with van der Waals surface area (Å²) in [6.45, 7) is 0.338. The molecular formula is C16H15F3N2O2. The molecule has 122 valence electrons. The molecule has 2 fully saturated rings. The Morgan fingerprint density at radius 2 is 2.00 bits per heavy atom. The fourth-order valence-electron chi connectivity index (χ4n) is 3.37. The molecule has 4 rings (SSSR count). The van der Waals surface area contributed by atoms with Crippen LogP contribution in [0.15, 0.2) is 30.3 Å². The Bertz CT molecular complexity index is 772. The summed E-state index contributed by atoms with van der Waals surface area (Å²) >= 11 is 0. The van der Waals surface area contributed by atoms with E-state index in [1.54, 1.807) is 35.2 Å². The predicted octanol–water partition coefficient (Wildman–Crippen LogP) is 2.82. The van der Waals surface area contributed by atoms with Crippen LogP contribution in [0.5, 0.6) is 0 Å². The molecule has 0 saturated carbocycles. The van der Waals surface area contributed by atoms with Gasteiger partial charge in [0.05, 0.1) is 18.8 Å². The average molecular weight is 324 g/mol. The van der Waals surface area contributed by atoms with Crippen molar-refractivity contribution in [3.05, 3.63) is 36.0 Å². The van der Waals surface area contributed by atoms with E-state index in [0.29, 0.717) is 30.7 Å². The third-order valence-corrected chi connectivity index (χ3v) is 4.73. The topological polar surface area (TPSA) is 34.5 Å². The smallest absolute Gasteiger partial charge is 0.376 e. The molecule has 1 amide bonds. The number of halogens is 3. The van der Waals surface area contributed by atoms with Crippen molar-refractivity contribution in [2.75, 3.05) is 19.8 Å². The van der Waals surface area contributed by atoms with Gasteiger partial charge < -0.3 is 14.2 Å². The van der Waals surface area contributed by atoms with Gasteiger partial charge in [0, 0.05) is 17.4 Å². The van der Waals surface area contributed by atoms with Crippen molar-refractivity contribution in [1.29, 1.82) is 0 Å². The molecule has 3 heterocycles. The molecule has 1 aromatic carbocycles. The van der Waals surface area contributed by atoms with Gasteiger partial charge >= 0.3 is 6.18 Å². The first-order valence-corrected chi connectivity index (χ1v) is 7.44. The molecule has 0 radical (unpaired) electrons. The molecule has 1 spiro atoms. The van der Waals surface area contributed by atoms with Gasteiger partial charge in [0.25, 0.3) is 5.91 Å². The molecule has 2 aliphatic rings. The zero-order valence-electron chi connectivity index (χ0n) is 12.3. The number of carbonyl (C=O) groups is 1. The highest BCUT2D eigenvalue weighted by atomic mass is 19.4. The molecule has 2 saturated heterocycles. The molecule has 2 aliphatic heterocycles. The Balaban J connectivity index is 1.76. The number of aromatic nitrogens is 1. The number of benzene rings is 1. The fraction of sp³-hybridized carbons (Fsp3) is 0.438. The number of carbonyl (C=O) groups excluding carboxylic acids is 1. The van der Waals surface area contributed by atoms with Crippen LogP contribution >= 0.6 is 0 Å². The fourth-order valence-corrected chi connectivity index (χ4v) is 3.37.